The van der Waals surface area contributed by atoms with Crippen molar-refractivity contribution in [1.82, 2.24) is 4.98 Å². The lowest BCUT2D eigenvalue weighted by Gasteiger charge is -2.08. The zero-order valence-corrected chi connectivity index (χ0v) is 10.7. The quantitative estimate of drug-likeness (QED) is 0.679. The molecular weight excluding hydrogens is 276 g/mol. The Morgan fingerprint density at radius 3 is 2.43 bits per heavy atom. The monoisotopic (exact) mass is 285 g/mol. The van der Waals surface area contributed by atoms with E-state index in [-0.39, 0.29) is 17.2 Å². The number of para-hydroxylation sites is 1. The van der Waals surface area contributed by atoms with Crippen molar-refractivity contribution in [3.05, 3.63) is 65.7 Å². The standard InChI is InChI=1S/C16H9F2NO2/c17-12-6-13(18)8-14(7-12)21-16-11(9-20)5-10-3-1-2-4-15(10)19-16/h1-9H. The van der Waals surface area contributed by atoms with Crippen LogP contribution in [0.25, 0.3) is 10.9 Å². The van der Waals surface area contributed by atoms with Crippen LogP contribution in [0.4, 0.5) is 8.78 Å². The van der Waals surface area contributed by atoms with Gasteiger partial charge in [0.25, 0.3) is 0 Å². The number of benzene rings is 2. The van der Waals surface area contributed by atoms with Gasteiger partial charge in [0.2, 0.25) is 5.88 Å². The van der Waals surface area contributed by atoms with E-state index in [1.807, 2.05) is 6.07 Å². The lowest BCUT2D eigenvalue weighted by Crippen LogP contribution is -1.96. The van der Waals surface area contributed by atoms with Crippen molar-refractivity contribution < 1.29 is 18.3 Å². The Balaban J connectivity index is 2.08. The minimum atomic E-state index is -0.765. The molecule has 0 N–H and O–H groups in total. The average Bonchev–Trinajstić information content (AvgIpc) is 2.45. The third-order valence-corrected chi connectivity index (χ3v) is 2.89. The summed E-state index contributed by atoms with van der Waals surface area (Å²) >= 11 is 0. The van der Waals surface area contributed by atoms with Gasteiger partial charge in [0.15, 0.2) is 6.29 Å². The average molecular weight is 285 g/mol. The van der Waals surface area contributed by atoms with E-state index in [1.165, 1.54) is 0 Å². The largest absolute Gasteiger partial charge is 0.438 e. The molecule has 3 nitrogen and oxygen atoms in total. The van der Waals surface area contributed by atoms with Crippen LogP contribution in [0.1, 0.15) is 10.4 Å². The maximum atomic E-state index is 13.2. The number of carbonyl (C=O) groups is 1. The number of aromatic nitrogens is 1. The summed E-state index contributed by atoms with van der Waals surface area (Å²) in [6.07, 6.45) is 0.588. The number of halogens is 2. The van der Waals surface area contributed by atoms with Crippen LogP contribution in [-0.2, 0) is 0 Å². The van der Waals surface area contributed by atoms with Crippen LogP contribution in [-0.4, -0.2) is 11.3 Å². The highest BCUT2D eigenvalue weighted by Gasteiger charge is 2.10. The molecule has 0 saturated carbocycles. The van der Waals surface area contributed by atoms with Crippen LogP contribution in [0.15, 0.2) is 48.5 Å². The van der Waals surface area contributed by atoms with Crippen molar-refractivity contribution in [1.29, 1.82) is 0 Å². The van der Waals surface area contributed by atoms with Crippen molar-refractivity contribution in [3.8, 4) is 11.6 Å². The molecule has 0 unspecified atom stereocenters. The van der Waals surface area contributed by atoms with E-state index in [9.17, 15) is 13.6 Å². The fourth-order valence-corrected chi connectivity index (χ4v) is 1.98. The first-order chi connectivity index (χ1) is 10.2. The summed E-state index contributed by atoms with van der Waals surface area (Å²) < 4.78 is 31.7. The molecule has 0 aliphatic carbocycles. The number of ether oxygens (including phenoxy) is 1. The third-order valence-electron chi connectivity index (χ3n) is 2.89. The molecule has 0 saturated heterocycles. The Morgan fingerprint density at radius 2 is 1.71 bits per heavy atom. The van der Waals surface area contributed by atoms with E-state index in [0.717, 1.165) is 23.6 Å². The van der Waals surface area contributed by atoms with Gasteiger partial charge < -0.3 is 4.74 Å². The first-order valence-electron chi connectivity index (χ1n) is 6.14. The second-order valence-electron chi connectivity index (χ2n) is 4.40. The molecule has 1 heterocycles. The van der Waals surface area contributed by atoms with E-state index in [0.29, 0.717) is 11.8 Å². The maximum absolute atomic E-state index is 13.2. The lowest BCUT2D eigenvalue weighted by atomic mass is 10.1. The molecule has 0 aliphatic rings. The number of aldehydes is 1. The first-order valence-corrected chi connectivity index (χ1v) is 6.14. The van der Waals surface area contributed by atoms with Crippen molar-refractivity contribution >= 4 is 17.2 Å². The Labute approximate surface area is 118 Å². The predicted molar refractivity (Wildman–Crippen MR) is 73.6 cm³/mol. The van der Waals surface area contributed by atoms with E-state index < -0.39 is 11.6 Å². The second kappa shape index (κ2) is 5.28. The minimum absolute atomic E-state index is 0.00806. The van der Waals surface area contributed by atoms with Gasteiger partial charge in [-0.1, -0.05) is 18.2 Å². The second-order valence-corrected chi connectivity index (χ2v) is 4.40. The molecule has 0 aliphatic heterocycles. The van der Waals surface area contributed by atoms with Gasteiger partial charge in [-0.2, -0.15) is 0 Å². The van der Waals surface area contributed by atoms with Crippen LogP contribution in [0.5, 0.6) is 11.6 Å². The molecule has 3 rings (SSSR count). The third kappa shape index (κ3) is 2.72. The van der Waals surface area contributed by atoms with Gasteiger partial charge >= 0.3 is 0 Å². The van der Waals surface area contributed by atoms with Crippen molar-refractivity contribution in [2.75, 3.05) is 0 Å². The van der Waals surface area contributed by atoms with Gasteiger partial charge in [0.05, 0.1) is 11.1 Å². The van der Waals surface area contributed by atoms with Gasteiger partial charge in [-0.05, 0) is 12.1 Å². The Morgan fingerprint density at radius 1 is 1.00 bits per heavy atom. The molecule has 0 fully saturated rings. The fraction of sp³-hybridized carbons (Fsp3) is 0. The Bertz CT molecular complexity index is 813. The van der Waals surface area contributed by atoms with Gasteiger partial charge in [-0.15, -0.1) is 0 Å². The number of carbonyl (C=O) groups excluding carboxylic acids is 1. The summed E-state index contributed by atoms with van der Waals surface area (Å²) in [6, 6.07) is 11.6. The summed E-state index contributed by atoms with van der Waals surface area (Å²) in [5.74, 6) is -1.58. The minimum Gasteiger partial charge on any atom is -0.438 e. The van der Waals surface area contributed by atoms with Gasteiger partial charge in [-0.3, -0.25) is 4.79 Å². The lowest BCUT2D eigenvalue weighted by molar-refractivity contribution is 0.112. The normalized spacial score (nSPS) is 10.6. The molecule has 3 aromatic rings. The fourth-order valence-electron chi connectivity index (χ4n) is 1.98. The number of rotatable bonds is 3. The van der Waals surface area contributed by atoms with Crippen LogP contribution in [0, 0.1) is 11.6 Å². The molecule has 1 aromatic heterocycles. The summed E-state index contributed by atoms with van der Waals surface area (Å²) in [5, 5.41) is 0.775. The molecule has 5 heteroatoms. The maximum Gasteiger partial charge on any atom is 0.230 e. The molecule has 0 bridgehead atoms. The van der Waals surface area contributed by atoms with Gasteiger partial charge in [0, 0.05) is 23.6 Å². The molecule has 0 atom stereocenters. The molecule has 0 amide bonds. The Hall–Kier alpha value is -2.82. The SMILES string of the molecule is O=Cc1cc2ccccc2nc1Oc1cc(F)cc(F)c1. The van der Waals surface area contributed by atoms with E-state index >= 15 is 0 Å². The number of nitrogens with zero attached hydrogens (tertiary/aromatic N) is 1. The van der Waals surface area contributed by atoms with Crippen LogP contribution in [0.3, 0.4) is 0 Å². The summed E-state index contributed by atoms with van der Waals surface area (Å²) in [4.78, 5) is 15.3. The van der Waals surface area contributed by atoms with Gasteiger partial charge in [0.1, 0.15) is 17.4 Å². The highest BCUT2D eigenvalue weighted by Crippen LogP contribution is 2.27. The molecular formula is C16H9F2NO2. The highest BCUT2D eigenvalue weighted by atomic mass is 19.1. The summed E-state index contributed by atoms with van der Waals surface area (Å²) in [5.41, 5.74) is 0.827. The van der Waals surface area contributed by atoms with Crippen molar-refractivity contribution in [3.63, 3.8) is 0 Å². The highest BCUT2D eigenvalue weighted by molar-refractivity contribution is 5.88. The van der Waals surface area contributed by atoms with E-state index in [1.54, 1.807) is 24.3 Å². The number of hydrogen-bond donors (Lipinski definition) is 0. The topological polar surface area (TPSA) is 39.2 Å². The van der Waals surface area contributed by atoms with Crippen molar-refractivity contribution in [2.24, 2.45) is 0 Å². The smallest absolute Gasteiger partial charge is 0.230 e. The van der Waals surface area contributed by atoms with E-state index in [4.69, 9.17) is 4.74 Å². The van der Waals surface area contributed by atoms with Crippen LogP contribution in [0.2, 0.25) is 0 Å². The number of pyridine rings is 1. The zero-order valence-electron chi connectivity index (χ0n) is 10.7. The molecule has 21 heavy (non-hydrogen) atoms. The first kappa shape index (κ1) is 13.2. The van der Waals surface area contributed by atoms with E-state index in [2.05, 4.69) is 4.98 Å². The molecule has 104 valence electrons. The molecule has 0 radical (unpaired) electrons. The molecule has 0 spiro atoms. The summed E-state index contributed by atoms with van der Waals surface area (Å²) in [7, 11) is 0. The van der Waals surface area contributed by atoms with Crippen LogP contribution >= 0.6 is 0 Å². The Kier molecular flexibility index (Phi) is 3.31. The zero-order chi connectivity index (χ0) is 14.8. The van der Waals surface area contributed by atoms with Gasteiger partial charge in [-0.25, -0.2) is 13.8 Å². The number of hydrogen-bond acceptors (Lipinski definition) is 3. The number of fused-ring (bicyclic) bond motifs is 1. The predicted octanol–water partition coefficient (Wildman–Crippen LogP) is 4.12. The van der Waals surface area contributed by atoms with Crippen LogP contribution < -0.4 is 4.74 Å². The molecule has 2 aromatic carbocycles. The van der Waals surface area contributed by atoms with Crippen molar-refractivity contribution in [2.45, 2.75) is 0 Å². The summed E-state index contributed by atoms with van der Waals surface area (Å²) in [6.45, 7) is 0.